The van der Waals surface area contributed by atoms with E-state index in [1.807, 2.05) is 31.7 Å². The third-order valence-electron chi connectivity index (χ3n) is 3.87. The topological polar surface area (TPSA) is 86.9 Å². The number of thioether (sulfide) groups is 1. The summed E-state index contributed by atoms with van der Waals surface area (Å²) in [5, 5.41) is 17.0. The third kappa shape index (κ3) is 4.66. The Bertz CT molecular complexity index is 954. The molecular weight excluding hydrogens is 400 g/mol. The Morgan fingerprint density at radius 2 is 2.00 bits per heavy atom. The molecule has 2 heterocycles. The Morgan fingerprint density at radius 3 is 2.68 bits per heavy atom. The van der Waals surface area contributed by atoms with Crippen molar-refractivity contribution in [3.63, 3.8) is 0 Å². The van der Waals surface area contributed by atoms with Crippen LogP contribution in [0.15, 0.2) is 35.6 Å². The number of nitrogens with zero attached hydrogens (tertiary/aromatic N) is 5. The quantitative estimate of drug-likeness (QED) is 0.561. The number of hydrogen-bond donors (Lipinski definition) is 1. The normalized spacial score (nSPS) is 10.9. The lowest BCUT2D eigenvalue weighted by Crippen LogP contribution is -2.14. The molecule has 0 aliphatic rings. The minimum Gasteiger partial charge on any atom is -0.476 e. The van der Waals surface area contributed by atoms with Gasteiger partial charge in [0.15, 0.2) is 11.0 Å². The summed E-state index contributed by atoms with van der Waals surface area (Å²) >= 11 is 7.16. The molecule has 1 amide bonds. The van der Waals surface area contributed by atoms with Crippen LogP contribution in [0.4, 0.5) is 5.69 Å². The van der Waals surface area contributed by atoms with Gasteiger partial charge in [-0.3, -0.25) is 9.48 Å². The molecule has 0 bridgehead atoms. The van der Waals surface area contributed by atoms with E-state index < -0.39 is 0 Å². The summed E-state index contributed by atoms with van der Waals surface area (Å²) in [6.07, 6.45) is 1.89. The third-order valence-corrected chi connectivity index (χ3v) is 5.14. The van der Waals surface area contributed by atoms with Gasteiger partial charge in [-0.15, -0.1) is 15.3 Å². The monoisotopic (exact) mass is 420 g/mol. The Balaban J connectivity index is 1.69. The van der Waals surface area contributed by atoms with Crippen LogP contribution in [-0.2, 0) is 18.4 Å². The van der Waals surface area contributed by atoms with Gasteiger partial charge in [-0.25, -0.2) is 0 Å². The fraction of sp³-hybridized carbons (Fsp3) is 0.333. The maximum absolute atomic E-state index is 12.2. The number of benzene rings is 1. The lowest BCUT2D eigenvalue weighted by molar-refractivity contribution is -0.113. The molecule has 0 unspecified atom stereocenters. The minimum atomic E-state index is -0.134. The van der Waals surface area contributed by atoms with Gasteiger partial charge < -0.3 is 14.6 Å². The predicted molar refractivity (Wildman–Crippen MR) is 110 cm³/mol. The second-order valence-corrected chi connectivity index (χ2v) is 7.22. The van der Waals surface area contributed by atoms with E-state index in [0.717, 1.165) is 12.1 Å². The second-order valence-electron chi connectivity index (χ2n) is 5.85. The zero-order chi connectivity index (χ0) is 20.1. The summed E-state index contributed by atoms with van der Waals surface area (Å²) < 4.78 is 9.24. The minimum absolute atomic E-state index is 0.134. The average molecular weight is 421 g/mol. The molecule has 28 heavy (non-hydrogen) atoms. The van der Waals surface area contributed by atoms with Crippen molar-refractivity contribution in [2.45, 2.75) is 25.5 Å². The first kappa shape index (κ1) is 20.2. The molecule has 0 aliphatic carbocycles. The van der Waals surface area contributed by atoms with Crippen LogP contribution in [0.25, 0.3) is 11.4 Å². The number of carbonyl (C=O) groups excluding carboxylic acids is 1. The number of aryl methyl sites for hydroxylation is 1. The molecule has 10 heteroatoms. The molecular formula is C18H21ClN6O2S. The van der Waals surface area contributed by atoms with Crippen LogP contribution >= 0.6 is 23.4 Å². The van der Waals surface area contributed by atoms with Gasteiger partial charge in [-0.2, -0.15) is 0 Å². The molecule has 8 nitrogen and oxygen atoms in total. The van der Waals surface area contributed by atoms with Crippen LogP contribution in [0, 0.1) is 0 Å². The molecule has 0 saturated heterocycles. The molecule has 3 rings (SSSR count). The largest absolute Gasteiger partial charge is 0.476 e. The zero-order valence-corrected chi connectivity index (χ0v) is 17.4. The highest BCUT2D eigenvalue weighted by Gasteiger charge is 2.19. The summed E-state index contributed by atoms with van der Waals surface area (Å²) in [6, 6.07) is 6.97. The van der Waals surface area contributed by atoms with Crippen molar-refractivity contribution in [1.82, 2.24) is 24.5 Å². The van der Waals surface area contributed by atoms with Crippen LogP contribution in [0.1, 0.15) is 13.8 Å². The molecule has 0 aliphatic heterocycles. The first-order valence-corrected chi connectivity index (χ1v) is 10.2. The van der Waals surface area contributed by atoms with Crippen molar-refractivity contribution in [2.24, 2.45) is 7.05 Å². The Morgan fingerprint density at radius 1 is 1.25 bits per heavy atom. The maximum atomic E-state index is 12.2. The van der Waals surface area contributed by atoms with Crippen molar-refractivity contribution in [3.05, 3.63) is 35.5 Å². The van der Waals surface area contributed by atoms with E-state index >= 15 is 0 Å². The van der Waals surface area contributed by atoms with Gasteiger partial charge in [0.25, 0.3) is 0 Å². The molecule has 0 fully saturated rings. The number of carbonyl (C=O) groups is 1. The van der Waals surface area contributed by atoms with Crippen LogP contribution in [-0.4, -0.2) is 42.8 Å². The predicted octanol–water partition coefficient (Wildman–Crippen LogP) is 3.48. The summed E-state index contributed by atoms with van der Waals surface area (Å²) in [5.41, 5.74) is 1.47. The fourth-order valence-electron chi connectivity index (χ4n) is 2.50. The van der Waals surface area contributed by atoms with Gasteiger partial charge in [0, 0.05) is 30.5 Å². The lowest BCUT2D eigenvalue weighted by Gasteiger charge is -2.06. The van der Waals surface area contributed by atoms with E-state index in [-0.39, 0.29) is 11.7 Å². The van der Waals surface area contributed by atoms with Crippen LogP contribution < -0.4 is 10.1 Å². The van der Waals surface area contributed by atoms with Crippen molar-refractivity contribution >= 4 is 35.0 Å². The molecule has 0 spiro atoms. The zero-order valence-electron chi connectivity index (χ0n) is 15.8. The van der Waals surface area contributed by atoms with E-state index in [9.17, 15) is 4.79 Å². The van der Waals surface area contributed by atoms with Gasteiger partial charge in [0.1, 0.15) is 5.56 Å². The van der Waals surface area contributed by atoms with E-state index in [2.05, 4.69) is 20.6 Å². The summed E-state index contributed by atoms with van der Waals surface area (Å²) in [5.74, 6) is 1.24. The highest BCUT2D eigenvalue weighted by atomic mass is 35.5. The summed E-state index contributed by atoms with van der Waals surface area (Å²) in [4.78, 5) is 12.2. The first-order valence-electron chi connectivity index (χ1n) is 8.80. The standard InChI is InChI=1S/C18H21ClN6O2S/c1-4-25-10-14(17(23-25)27-5-2)16-21-22-18(24(16)3)28-11-15(26)20-13-8-6-12(19)7-9-13/h6-10H,4-5,11H2,1-3H3,(H,20,26). The molecule has 3 aromatic rings. The lowest BCUT2D eigenvalue weighted by atomic mass is 10.3. The van der Waals surface area contributed by atoms with Crippen LogP contribution in [0.2, 0.25) is 5.02 Å². The van der Waals surface area contributed by atoms with Gasteiger partial charge in [0.2, 0.25) is 11.8 Å². The molecule has 148 valence electrons. The Kier molecular flexibility index (Phi) is 6.58. The van der Waals surface area contributed by atoms with Crippen molar-refractivity contribution in [3.8, 4) is 17.3 Å². The summed E-state index contributed by atoms with van der Waals surface area (Å²) in [6.45, 7) is 5.15. The highest BCUT2D eigenvalue weighted by molar-refractivity contribution is 7.99. The Labute approximate surface area is 172 Å². The molecule has 1 N–H and O–H groups in total. The molecule has 0 atom stereocenters. The summed E-state index contributed by atoms with van der Waals surface area (Å²) in [7, 11) is 1.85. The number of halogens is 1. The molecule has 0 saturated carbocycles. The second kappa shape index (κ2) is 9.11. The van der Waals surface area contributed by atoms with E-state index in [4.69, 9.17) is 16.3 Å². The van der Waals surface area contributed by atoms with E-state index in [0.29, 0.717) is 34.2 Å². The van der Waals surface area contributed by atoms with Gasteiger partial charge in [-0.05, 0) is 38.1 Å². The van der Waals surface area contributed by atoms with Crippen LogP contribution in [0.5, 0.6) is 5.88 Å². The smallest absolute Gasteiger partial charge is 0.243 e. The number of amides is 1. The van der Waals surface area contributed by atoms with E-state index in [1.54, 1.807) is 28.9 Å². The van der Waals surface area contributed by atoms with Gasteiger partial charge in [-0.1, -0.05) is 23.4 Å². The highest BCUT2D eigenvalue weighted by Crippen LogP contribution is 2.29. The van der Waals surface area contributed by atoms with Gasteiger partial charge >= 0.3 is 0 Å². The number of hydrogen-bond acceptors (Lipinski definition) is 6. The number of anilines is 1. The number of nitrogens with one attached hydrogen (secondary N) is 1. The SMILES string of the molecule is CCOc1nn(CC)cc1-c1nnc(SCC(=O)Nc2ccc(Cl)cc2)n1C. The maximum Gasteiger partial charge on any atom is 0.243 e. The van der Waals surface area contributed by atoms with Crippen molar-refractivity contribution in [2.75, 3.05) is 17.7 Å². The number of rotatable bonds is 8. The Hall–Kier alpha value is -2.52. The molecule has 1 aromatic carbocycles. The fourth-order valence-corrected chi connectivity index (χ4v) is 3.33. The van der Waals surface area contributed by atoms with Crippen LogP contribution in [0.3, 0.4) is 0 Å². The van der Waals surface area contributed by atoms with Crippen molar-refractivity contribution < 1.29 is 9.53 Å². The van der Waals surface area contributed by atoms with Crippen molar-refractivity contribution in [1.29, 1.82) is 0 Å². The number of aromatic nitrogens is 5. The molecule has 0 radical (unpaired) electrons. The average Bonchev–Trinajstić information content (AvgIpc) is 3.25. The van der Waals surface area contributed by atoms with E-state index in [1.165, 1.54) is 11.8 Å². The van der Waals surface area contributed by atoms with Gasteiger partial charge in [0.05, 0.1) is 12.4 Å². The molecule has 2 aromatic heterocycles. The first-order chi connectivity index (χ1) is 13.5. The number of ether oxygens (including phenoxy) is 1.